The number of carbonyl (C=O) groups excluding carboxylic acids is 1. The maximum Gasteiger partial charge on any atom is 0.258 e. The predicted molar refractivity (Wildman–Crippen MR) is 71.9 cm³/mol. The van der Waals surface area contributed by atoms with Crippen LogP contribution in [0.1, 0.15) is 10.4 Å². The van der Waals surface area contributed by atoms with Crippen molar-refractivity contribution in [3.8, 4) is 0 Å². The molecule has 94 valence electrons. The van der Waals surface area contributed by atoms with Crippen LogP contribution in [0.4, 0.5) is 11.4 Å². The number of hydrogen-bond acceptors (Lipinski definition) is 3. The minimum absolute atomic E-state index is 0.154. The van der Waals surface area contributed by atoms with Gasteiger partial charge in [0.2, 0.25) is 0 Å². The zero-order chi connectivity index (χ0) is 13.1. The van der Waals surface area contributed by atoms with Crippen molar-refractivity contribution in [3.05, 3.63) is 42.2 Å². The van der Waals surface area contributed by atoms with Crippen LogP contribution >= 0.6 is 0 Å². The molecule has 0 aliphatic carbocycles. The Kier molecular flexibility index (Phi) is 3.32. The van der Waals surface area contributed by atoms with E-state index in [1.807, 2.05) is 43.3 Å². The third-order valence-electron chi connectivity index (χ3n) is 2.59. The van der Waals surface area contributed by atoms with E-state index >= 15 is 0 Å². The van der Waals surface area contributed by atoms with Gasteiger partial charge in [-0.2, -0.15) is 5.10 Å². The smallest absolute Gasteiger partial charge is 0.258 e. The molecule has 1 heterocycles. The zero-order valence-electron chi connectivity index (χ0n) is 10.7. The summed E-state index contributed by atoms with van der Waals surface area (Å²) in [5.74, 6) is -0.154. The summed E-state index contributed by atoms with van der Waals surface area (Å²) in [6.07, 6.45) is 3.23. The normalized spacial score (nSPS) is 10.2. The summed E-state index contributed by atoms with van der Waals surface area (Å²) < 4.78 is 1.60. The van der Waals surface area contributed by atoms with E-state index in [2.05, 4.69) is 10.4 Å². The highest BCUT2D eigenvalue weighted by Crippen LogP contribution is 2.17. The lowest BCUT2D eigenvalue weighted by molar-refractivity contribution is 0.102. The second-order valence-electron chi connectivity index (χ2n) is 4.30. The number of aromatic nitrogens is 2. The zero-order valence-corrected chi connectivity index (χ0v) is 10.7. The molecule has 2 rings (SSSR count). The quantitative estimate of drug-likeness (QED) is 0.894. The van der Waals surface area contributed by atoms with Crippen molar-refractivity contribution in [2.24, 2.45) is 7.05 Å². The fraction of sp³-hybridized carbons (Fsp3) is 0.231. The number of anilines is 2. The molecule has 2 aromatic rings. The van der Waals surface area contributed by atoms with E-state index in [0.717, 1.165) is 11.4 Å². The average Bonchev–Trinajstić information content (AvgIpc) is 2.76. The molecule has 0 unspecified atom stereocenters. The first-order valence-electron chi connectivity index (χ1n) is 5.63. The SMILES string of the molecule is CN(C)c1cccc(NC(=O)c2cnn(C)c2)c1. The lowest BCUT2D eigenvalue weighted by Gasteiger charge is -2.13. The van der Waals surface area contributed by atoms with Gasteiger partial charge in [0.15, 0.2) is 0 Å². The van der Waals surface area contributed by atoms with Gasteiger partial charge in [-0.05, 0) is 18.2 Å². The van der Waals surface area contributed by atoms with Crippen molar-refractivity contribution in [1.82, 2.24) is 9.78 Å². The van der Waals surface area contributed by atoms with E-state index in [0.29, 0.717) is 5.56 Å². The van der Waals surface area contributed by atoms with Gasteiger partial charge in [0.05, 0.1) is 11.8 Å². The van der Waals surface area contributed by atoms with Gasteiger partial charge in [0.25, 0.3) is 5.91 Å². The third-order valence-corrected chi connectivity index (χ3v) is 2.59. The van der Waals surface area contributed by atoms with E-state index < -0.39 is 0 Å². The van der Waals surface area contributed by atoms with Crippen LogP contribution in [0.3, 0.4) is 0 Å². The van der Waals surface area contributed by atoms with Crippen molar-refractivity contribution < 1.29 is 4.79 Å². The predicted octanol–water partition coefficient (Wildman–Crippen LogP) is 1.74. The van der Waals surface area contributed by atoms with Crippen LogP contribution < -0.4 is 10.2 Å². The summed E-state index contributed by atoms with van der Waals surface area (Å²) in [6, 6.07) is 7.68. The van der Waals surface area contributed by atoms with Crippen LogP contribution in [0, 0.1) is 0 Å². The number of rotatable bonds is 3. The molecular formula is C13H16N4O. The molecule has 1 amide bonds. The Morgan fingerprint density at radius 3 is 2.78 bits per heavy atom. The van der Waals surface area contributed by atoms with Crippen LogP contribution in [0.25, 0.3) is 0 Å². The summed E-state index contributed by atoms with van der Waals surface area (Å²) in [5, 5.41) is 6.82. The van der Waals surface area contributed by atoms with E-state index in [9.17, 15) is 4.79 Å². The monoisotopic (exact) mass is 244 g/mol. The molecule has 0 saturated heterocycles. The summed E-state index contributed by atoms with van der Waals surface area (Å²) in [6.45, 7) is 0. The molecule has 5 heteroatoms. The Bertz CT molecular complexity index is 560. The molecule has 0 saturated carbocycles. The molecule has 1 aromatic heterocycles. The van der Waals surface area contributed by atoms with Crippen LogP contribution in [0.15, 0.2) is 36.7 Å². The minimum Gasteiger partial charge on any atom is -0.378 e. The van der Waals surface area contributed by atoms with Gasteiger partial charge < -0.3 is 10.2 Å². The van der Waals surface area contributed by atoms with Crippen molar-refractivity contribution in [2.45, 2.75) is 0 Å². The summed E-state index contributed by atoms with van der Waals surface area (Å²) in [7, 11) is 5.70. The van der Waals surface area contributed by atoms with E-state index in [1.165, 1.54) is 0 Å². The molecule has 1 N–H and O–H groups in total. The van der Waals surface area contributed by atoms with Crippen LogP contribution in [0.5, 0.6) is 0 Å². The first kappa shape index (κ1) is 12.2. The highest BCUT2D eigenvalue weighted by Gasteiger charge is 2.08. The Hall–Kier alpha value is -2.30. The standard InChI is InChI=1S/C13H16N4O/c1-16(2)12-6-4-5-11(7-12)15-13(18)10-8-14-17(3)9-10/h4-9H,1-3H3,(H,15,18). The molecule has 1 aromatic carbocycles. The number of benzene rings is 1. The summed E-state index contributed by atoms with van der Waals surface area (Å²) >= 11 is 0. The molecule has 0 bridgehead atoms. The summed E-state index contributed by atoms with van der Waals surface area (Å²) in [5.41, 5.74) is 2.36. The molecule has 0 atom stereocenters. The number of carbonyl (C=O) groups is 1. The van der Waals surface area contributed by atoms with Crippen molar-refractivity contribution >= 4 is 17.3 Å². The molecule has 0 spiro atoms. The fourth-order valence-corrected chi connectivity index (χ4v) is 1.60. The topological polar surface area (TPSA) is 50.2 Å². The molecule has 18 heavy (non-hydrogen) atoms. The van der Waals surface area contributed by atoms with Crippen molar-refractivity contribution in [1.29, 1.82) is 0 Å². The van der Waals surface area contributed by atoms with Gasteiger partial charge in [-0.1, -0.05) is 6.07 Å². The first-order chi connectivity index (χ1) is 8.56. The third kappa shape index (κ3) is 2.68. The Morgan fingerprint density at radius 1 is 1.39 bits per heavy atom. The van der Waals surface area contributed by atoms with Gasteiger partial charge in [0.1, 0.15) is 0 Å². The molecule has 0 fully saturated rings. The molecule has 0 aliphatic rings. The Morgan fingerprint density at radius 2 is 2.17 bits per heavy atom. The van der Waals surface area contributed by atoms with Crippen molar-refractivity contribution in [2.75, 3.05) is 24.3 Å². The van der Waals surface area contributed by atoms with Gasteiger partial charge in [-0.15, -0.1) is 0 Å². The maximum atomic E-state index is 11.9. The van der Waals surface area contributed by atoms with Crippen LogP contribution in [-0.2, 0) is 7.05 Å². The highest BCUT2D eigenvalue weighted by molar-refractivity contribution is 6.04. The second kappa shape index (κ2) is 4.91. The van der Waals surface area contributed by atoms with E-state index in [-0.39, 0.29) is 5.91 Å². The number of nitrogens with one attached hydrogen (secondary N) is 1. The first-order valence-corrected chi connectivity index (χ1v) is 5.63. The molecular weight excluding hydrogens is 228 g/mol. The highest BCUT2D eigenvalue weighted by atomic mass is 16.1. The van der Waals surface area contributed by atoms with Crippen molar-refractivity contribution in [3.63, 3.8) is 0 Å². The largest absolute Gasteiger partial charge is 0.378 e. The molecule has 5 nitrogen and oxygen atoms in total. The van der Waals surface area contributed by atoms with Gasteiger partial charge >= 0.3 is 0 Å². The Labute approximate surface area is 106 Å². The number of nitrogens with zero attached hydrogens (tertiary/aromatic N) is 3. The second-order valence-corrected chi connectivity index (χ2v) is 4.30. The maximum absolute atomic E-state index is 11.9. The molecule has 0 radical (unpaired) electrons. The summed E-state index contributed by atoms with van der Waals surface area (Å²) in [4.78, 5) is 13.9. The number of hydrogen-bond donors (Lipinski definition) is 1. The van der Waals surface area contributed by atoms with Gasteiger partial charge in [0, 0.05) is 38.7 Å². The lowest BCUT2D eigenvalue weighted by atomic mass is 10.2. The average molecular weight is 244 g/mol. The number of amides is 1. The Balaban J connectivity index is 2.14. The lowest BCUT2D eigenvalue weighted by Crippen LogP contribution is -2.13. The van der Waals surface area contributed by atoms with E-state index in [1.54, 1.807) is 24.1 Å². The van der Waals surface area contributed by atoms with Crippen LogP contribution in [-0.4, -0.2) is 29.8 Å². The number of aryl methyl sites for hydroxylation is 1. The fourth-order valence-electron chi connectivity index (χ4n) is 1.60. The van der Waals surface area contributed by atoms with Gasteiger partial charge in [-0.3, -0.25) is 9.48 Å². The van der Waals surface area contributed by atoms with Crippen LogP contribution in [0.2, 0.25) is 0 Å². The van der Waals surface area contributed by atoms with E-state index in [4.69, 9.17) is 0 Å². The molecule has 0 aliphatic heterocycles. The van der Waals surface area contributed by atoms with Gasteiger partial charge in [-0.25, -0.2) is 0 Å². The minimum atomic E-state index is -0.154.